The van der Waals surface area contributed by atoms with Gasteiger partial charge in [-0.2, -0.15) is 0 Å². The summed E-state index contributed by atoms with van der Waals surface area (Å²) in [5, 5.41) is 12.1. The van der Waals surface area contributed by atoms with Gasteiger partial charge in [-0.1, -0.05) is 32.0 Å². The Labute approximate surface area is 93.7 Å². The Bertz CT molecular complexity index is 527. The Balaban J connectivity index is 2.67. The normalized spacial score (nSPS) is 14.9. The summed E-state index contributed by atoms with van der Waals surface area (Å²) in [6.45, 7) is 3.50. The number of carboxylic acid groups (broad SMARTS) is 1. The first kappa shape index (κ1) is 10.7. The van der Waals surface area contributed by atoms with E-state index in [0.29, 0.717) is 17.6 Å². The maximum atomic E-state index is 11.2. The van der Waals surface area contributed by atoms with Crippen LogP contribution < -0.4 is 5.11 Å². The molecule has 3 heteroatoms. The van der Waals surface area contributed by atoms with Gasteiger partial charge in [-0.15, -0.1) is 0 Å². The van der Waals surface area contributed by atoms with E-state index >= 15 is 0 Å². The summed E-state index contributed by atoms with van der Waals surface area (Å²) >= 11 is 0. The van der Waals surface area contributed by atoms with Gasteiger partial charge in [-0.25, -0.2) is 0 Å². The van der Waals surface area contributed by atoms with Crippen molar-refractivity contribution in [1.29, 1.82) is 0 Å². The van der Waals surface area contributed by atoms with Gasteiger partial charge in [0.05, 0.1) is 12.2 Å². The Morgan fingerprint density at radius 2 is 2.12 bits per heavy atom. The second-order valence-corrected chi connectivity index (χ2v) is 4.12. The van der Waals surface area contributed by atoms with Crippen LogP contribution in [0.25, 0.3) is 11.0 Å². The highest BCUT2D eigenvalue weighted by molar-refractivity contribution is 5.89. The Kier molecular flexibility index (Phi) is 2.46. The molecule has 0 spiro atoms. The molecular formula is C13H13O3-. The number of carboxylic acids is 1. The molecule has 1 aromatic heterocycles. The smallest absolute Gasteiger partial charge is 0.134 e. The minimum atomic E-state index is -1.07. The zero-order chi connectivity index (χ0) is 11.8. The molecule has 2 aromatic rings. The van der Waals surface area contributed by atoms with Crippen LogP contribution in [0.2, 0.25) is 0 Å². The maximum Gasteiger partial charge on any atom is 0.134 e. The molecule has 0 fully saturated rings. The van der Waals surface area contributed by atoms with E-state index in [9.17, 15) is 9.90 Å². The quantitative estimate of drug-likeness (QED) is 0.788. The minimum absolute atomic E-state index is 0.471. The largest absolute Gasteiger partial charge is 0.549 e. The zero-order valence-corrected chi connectivity index (χ0v) is 9.32. The number of carbonyl (C=O) groups is 1. The van der Waals surface area contributed by atoms with Gasteiger partial charge in [0.1, 0.15) is 5.58 Å². The molecule has 2 rings (SSSR count). The molecule has 84 valence electrons. The van der Waals surface area contributed by atoms with E-state index in [0.717, 1.165) is 5.39 Å². The van der Waals surface area contributed by atoms with Crippen LogP contribution in [-0.4, -0.2) is 5.97 Å². The summed E-state index contributed by atoms with van der Waals surface area (Å²) in [5.74, 6) is -1.07. The molecule has 16 heavy (non-hydrogen) atoms. The summed E-state index contributed by atoms with van der Waals surface area (Å²) < 4.78 is 5.36. The highest BCUT2D eigenvalue weighted by Crippen LogP contribution is 2.34. The second kappa shape index (κ2) is 3.67. The highest BCUT2D eigenvalue weighted by atomic mass is 16.4. The molecule has 0 aliphatic carbocycles. The van der Waals surface area contributed by atoms with Gasteiger partial charge in [0, 0.05) is 16.4 Å². The third-order valence-electron chi connectivity index (χ3n) is 3.23. The van der Waals surface area contributed by atoms with Crippen LogP contribution in [0.1, 0.15) is 25.8 Å². The van der Waals surface area contributed by atoms with Crippen LogP contribution in [-0.2, 0) is 10.2 Å². The summed E-state index contributed by atoms with van der Waals surface area (Å²) in [5.41, 5.74) is 0.399. The lowest BCUT2D eigenvalue weighted by Gasteiger charge is -2.28. The van der Waals surface area contributed by atoms with Crippen molar-refractivity contribution in [2.24, 2.45) is 0 Å². The Morgan fingerprint density at radius 3 is 2.75 bits per heavy atom. The van der Waals surface area contributed by atoms with E-state index in [1.165, 1.54) is 6.26 Å². The lowest BCUT2D eigenvalue weighted by molar-refractivity contribution is -0.313. The molecule has 1 atom stereocenters. The highest BCUT2D eigenvalue weighted by Gasteiger charge is 2.29. The molecule has 0 amide bonds. The predicted molar refractivity (Wildman–Crippen MR) is 58.9 cm³/mol. The summed E-state index contributed by atoms with van der Waals surface area (Å²) in [6, 6.07) is 7.42. The molecule has 1 unspecified atom stereocenters. The molecule has 0 radical (unpaired) electrons. The van der Waals surface area contributed by atoms with Crippen molar-refractivity contribution in [3.63, 3.8) is 0 Å². The van der Waals surface area contributed by atoms with E-state index in [1.54, 1.807) is 6.92 Å². The van der Waals surface area contributed by atoms with Crippen LogP contribution in [0.4, 0.5) is 0 Å². The summed E-state index contributed by atoms with van der Waals surface area (Å²) in [7, 11) is 0. The van der Waals surface area contributed by atoms with E-state index in [4.69, 9.17) is 4.42 Å². The average molecular weight is 217 g/mol. The Hall–Kier alpha value is -1.77. The van der Waals surface area contributed by atoms with Crippen molar-refractivity contribution in [3.8, 4) is 0 Å². The number of benzene rings is 1. The van der Waals surface area contributed by atoms with E-state index in [1.807, 2.05) is 31.2 Å². The monoisotopic (exact) mass is 217 g/mol. The molecule has 0 N–H and O–H groups in total. The SMILES string of the molecule is CCC(C)(C(=O)[O-])c1coc2ccccc12. The predicted octanol–water partition coefficient (Wildman–Crippen LogP) is 1.85. The lowest BCUT2D eigenvalue weighted by atomic mass is 9.80. The van der Waals surface area contributed by atoms with Gasteiger partial charge in [-0.05, 0) is 12.5 Å². The van der Waals surface area contributed by atoms with Gasteiger partial charge < -0.3 is 14.3 Å². The van der Waals surface area contributed by atoms with Crippen molar-refractivity contribution < 1.29 is 14.3 Å². The third kappa shape index (κ3) is 1.40. The number of rotatable bonds is 3. The molecular weight excluding hydrogens is 204 g/mol. The average Bonchev–Trinajstić information content (AvgIpc) is 2.72. The van der Waals surface area contributed by atoms with Gasteiger partial charge in [-0.3, -0.25) is 0 Å². The van der Waals surface area contributed by atoms with Crippen LogP contribution in [0.5, 0.6) is 0 Å². The first-order valence-corrected chi connectivity index (χ1v) is 5.27. The van der Waals surface area contributed by atoms with Gasteiger partial charge in [0.25, 0.3) is 0 Å². The summed E-state index contributed by atoms with van der Waals surface area (Å²) in [6.07, 6.45) is 1.99. The molecule has 0 saturated heterocycles. The van der Waals surface area contributed by atoms with Crippen molar-refractivity contribution in [1.82, 2.24) is 0 Å². The van der Waals surface area contributed by atoms with Gasteiger partial charge in [0.15, 0.2) is 0 Å². The molecule has 0 saturated carbocycles. The number of hydrogen-bond acceptors (Lipinski definition) is 3. The zero-order valence-electron chi connectivity index (χ0n) is 9.32. The fraction of sp³-hybridized carbons (Fsp3) is 0.308. The first-order chi connectivity index (χ1) is 7.59. The van der Waals surface area contributed by atoms with Crippen LogP contribution in [0, 0.1) is 0 Å². The van der Waals surface area contributed by atoms with Crippen LogP contribution >= 0.6 is 0 Å². The van der Waals surface area contributed by atoms with E-state index in [-0.39, 0.29) is 0 Å². The van der Waals surface area contributed by atoms with E-state index < -0.39 is 11.4 Å². The first-order valence-electron chi connectivity index (χ1n) is 5.27. The van der Waals surface area contributed by atoms with Gasteiger partial charge >= 0.3 is 0 Å². The third-order valence-corrected chi connectivity index (χ3v) is 3.23. The fourth-order valence-corrected chi connectivity index (χ4v) is 1.85. The Morgan fingerprint density at radius 1 is 1.44 bits per heavy atom. The standard InChI is InChI=1S/C13H14O3/c1-3-13(2,12(14)15)10-8-16-11-7-5-4-6-9(10)11/h4-8H,3H2,1-2H3,(H,14,15)/p-1. The lowest BCUT2D eigenvalue weighted by Crippen LogP contribution is -2.43. The number of aliphatic carboxylic acids is 1. The number of furan rings is 1. The van der Waals surface area contributed by atoms with Crippen molar-refractivity contribution >= 4 is 16.9 Å². The number of fused-ring (bicyclic) bond motifs is 1. The fourth-order valence-electron chi connectivity index (χ4n) is 1.85. The number of carbonyl (C=O) groups excluding carboxylic acids is 1. The number of hydrogen-bond donors (Lipinski definition) is 0. The molecule has 1 heterocycles. The molecule has 0 aliphatic heterocycles. The maximum absolute atomic E-state index is 11.2. The molecule has 0 bridgehead atoms. The van der Waals surface area contributed by atoms with Gasteiger partial charge in [0.2, 0.25) is 0 Å². The van der Waals surface area contributed by atoms with Crippen molar-refractivity contribution in [2.45, 2.75) is 25.7 Å². The number of para-hydroxylation sites is 1. The van der Waals surface area contributed by atoms with E-state index in [2.05, 4.69) is 0 Å². The van der Waals surface area contributed by atoms with Crippen LogP contribution in [0.15, 0.2) is 34.9 Å². The molecule has 3 nitrogen and oxygen atoms in total. The molecule has 1 aromatic carbocycles. The topological polar surface area (TPSA) is 53.3 Å². The summed E-state index contributed by atoms with van der Waals surface area (Å²) in [4.78, 5) is 11.2. The minimum Gasteiger partial charge on any atom is -0.549 e. The van der Waals surface area contributed by atoms with Crippen molar-refractivity contribution in [3.05, 3.63) is 36.1 Å². The second-order valence-electron chi connectivity index (χ2n) is 4.12. The molecule has 0 aliphatic rings. The van der Waals surface area contributed by atoms with Crippen molar-refractivity contribution in [2.75, 3.05) is 0 Å². The van der Waals surface area contributed by atoms with Crippen LogP contribution in [0.3, 0.4) is 0 Å².